The average molecular weight is 439 g/mol. The lowest BCUT2D eigenvalue weighted by Gasteiger charge is -2.13. The number of aryl methyl sites for hydroxylation is 1. The van der Waals surface area contributed by atoms with Gasteiger partial charge in [-0.1, -0.05) is 19.9 Å². The van der Waals surface area contributed by atoms with Gasteiger partial charge in [-0.2, -0.15) is 0 Å². The minimum absolute atomic E-state index is 0.157. The van der Waals surface area contributed by atoms with E-state index < -0.39 is 5.91 Å². The third kappa shape index (κ3) is 4.65. The predicted octanol–water partition coefficient (Wildman–Crippen LogP) is 4.76. The van der Waals surface area contributed by atoms with Gasteiger partial charge in [-0.3, -0.25) is 9.59 Å². The Balaban J connectivity index is 2.04. The van der Waals surface area contributed by atoms with Gasteiger partial charge in [0.25, 0.3) is 11.8 Å². The number of anilines is 1. The Kier molecular flexibility index (Phi) is 6.83. The van der Waals surface area contributed by atoms with Crippen LogP contribution in [-0.2, 0) is 4.79 Å². The van der Waals surface area contributed by atoms with Gasteiger partial charge in [0.15, 0.2) is 6.61 Å². The molecule has 5 nitrogen and oxygen atoms in total. The highest BCUT2D eigenvalue weighted by atomic mass is 79.9. The van der Waals surface area contributed by atoms with Gasteiger partial charge in [0.2, 0.25) is 0 Å². The van der Waals surface area contributed by atoms with Gasteiger partial charge in [-0.25, -0.2) is 0 Å². The first kappa shape index (κ1) is 20.5. The Hall–Kier alpha value is -1.86. The highest BCUT2D eigenvalue weighted by Crippen LogP contribution is 2.32. The summed E-state index contributed by atoms with van der Waals surface area (Å²) < 4.78 is 6.42. The fraction of sp³-hybridized carbons (Fsp3) is 0.368. The molecule has 0 bridgehead atoms. The molecule has 2 aromatic rings. The van der Waals surface area contributed by atoms with E-state index in [-0.39, 0.29) is 12.5 Å². The highest BCUT2D eigenvalue weighted by molar-refractivity contribution is 9.10. The molecule has 0 aliphatic heterocycles. The number of rotatable bonds is 7. The Bertz CT molecular complexity index is 832. The van der Waals surface area contributed by atoms with Crippen LogP contribution in [0.4, 0.5) is 5.00 Å². The lowest BCUT2D eigenvalue weighted by molar-refractivity contribution is -0.118. The van der Waals surface area contributed by atoms with Gasteiger partial charge < -0.3 is 15.8 Å². The smallest absolute Gasteiger partial charge is 0.262 e. The number of amides is 2. The standard InChI is InChI=1S/C19H23BrN2O3S/c1-5-10(2)13-6-7-15(14(20)8-13)25-9-16(23)22-19-17(18(21)24)11(3)12(4)26-19/h6-8,10H,5,9H2,1-4H3,(H2,21,24)(H,22,23). The minimum Gasteiger partial charge on any atom is -0.483 e. The average Bonchev–Trinajstić information content (AvgIpc) is 2.86. The molecule has 1 atom stereocenters. The second kappa shape index (κ2) is 8.68. The van der Waals surface area contributed by atoms with Crippen LogP contribution in [0, 0.1) is 13.8 Å². The lowest BCUT2D eigenvalue weighted by atomic mass is 9.99. The molecule has 3 N–H and O–H groups in total. The van der Waals surface area contributed by atoms with E-state index in [1.165, 1.54) is 16.9 Å². The Morgan fingerprint density at radius 2 is 2.04 bits per heavy atom. The number of primary amides is 1. The zero-order valence-electron chi connectivity index (χ0n) is 15.3. The van der Waals surface area contributed by atoms with Crippen LogP contribution in [0.1, 0.15) is 52.5 Å². The van der Waals surface area contributed by atoms with E-state index in [0.717, 1.165) is 21.3 Å². The molecule has 1 unspecified atom stereocenters. The van der Waals surface area contributed by atoms with Crippen molar-refractivity contribution in [2.45, 2.75) is 40.0 Å². The first-order valence-electron chi connectivity index (χ1n) is 8.36. The van der Waals surface area contributed by atoms with Gasteiger partial charge in [0.1, 0.15) is 10.8 Å². The summed E-state index contributed by atoms with van der Waals surface area (Å²) in [5.74, 6) is 0.167. The zero-order chi connectivity index (χ0) is 19.4. The summed E-state index contributed by atoms with van der Waals surface area (Å²) in [6.45, 7) is 7.84. The molecule has 0 saturated carbocycles. The maximum Gasteiger partial charge on any atom is 0.262 e. The number of halogens is 1. The van der Waals surface area contributed by atoms with Gasteiger partial charge in [-0.05, 0) is 65.4 Å². The molecule has 1 aromatic carbocycles. The largest absolute Gasteiger partial charge is 0.483 e. The monoisotopic (exact) mass is 438 g/mol. The van der Waals surface area contributed by atoms with Gasteiger partial charge >= 0.3 is 0 Å². The third-order valence-electron chi connectivity index (χ3n) is 4.38. The van der Waals surface area contributed by atoms with Crippen molar-refractivity contribution in [2.75, 3.05) is 11.9 Å². The molecule has 0 saturated heterocycles. The SMILES string of the molecule is CCC(C)c1ccc(OCC(=O)Nc2sc(C)c(C)c2C(N)=O)c(Br)c1. The number of thiophene rings is 1. The van der Waals surface area contributed by atoms with E-state index in [1.54, 1.807) is 0 Å². The fourth-order valence-electron chi connectivity index (χ4n) is 2.49. The molecule has 7 heteroatoms. The van der Waals surface area contributed by atoms with E-state index >= 15 is 0 Å². The van der Waals surface area contributed by atoms with Crippen LogP contribution in [0.5, 0.6) is 5.75 Å². The number of nitrogens with one attached hydrogen (secondary N) is 1. The first-order valence-corrected chi connectivity index (χ1v) is 9.97. The molecule has 0 fully saturated rings. The van der Waals surface area contributed by atoms with Crippen molar-refractivity contribution in [3.8, 4) is 5.75 Å². The number of hydrogen-bond donors (Lipinski definition) is 2. The number of hydrogen-bond acceptors (Lipinski definition) is 4. The van der Waals surface area contributed by atoms with Crippen LogP contribution in [0.25, 0.3) is 0 Å². The van der Waals surface area contributed by atoms with E-state index in [4.69, 9.17) is 10.5 Å². The molecule has 0 aliphatic rings. The molecule has 0 aliphatic carbocycles. The third-order valence-corrected chi connectivity index (χ3v) is 6.12. The minimum atomic E-state index is -0.550. The van der Waals surface area contributed by atoms with Gasteiger partial charge in [0.05, 0.1) is 10.0 Å². The zero-order valence-corrected chi connectivity index (χ0v) is 17.7. The normalized spacial score (nSPS) is 11.9. The summed E-state index contributed by atoms with van der Waals surface area (Å²) in [6, 6.07) is 5.87. The molecular formula is C19H23BrN2O3S. The van der Waals surface area contributed by atoms with Crippen LogP contribution >= 0.6 is 27.3 Å². The van der Waals surface area contributed by atoms with Crippen molar-refractivity contribution in [3.63, 3.8) is 0 Å². The molecule has 0 radical (unpaired) electrons. The van der Waals surface area contributed by atoms with Crippen molar-refractivity contribution < 1.29 is 14.3 Å². The van der Waals surface area contributed by atoms with Gasteiger partial charge in [-0.15, -0.1) is 11.3 Å². The highest BCUT2D eigenvalue weighted by Gasteiger charge is 2.19. The van der Waals surface area contributed by atoms with Crippen LogP contribution in [0.3, 0.4) is 0 Å². The Morgan fingerprint density at radius 1 is 1.35 bits per heavy atom. The van der Waals surface area contributed by atoms with Crippen molar-refractivity contribution >= 4 is 44.1 Å². The quantitative estimate of drug-likeness (QED) is 0.653. The van der Waals surface area contributed by atoms with Crippen molar-refractivity contribution in [2.24, 2.45) is 5.73 Å². The summed E-state index contributed by atoms with van der Waals surface area (Å²) in [5, 5.41) is 3.19. The molecule has 2 amide bonds. The Morgan fingerprint density at radius 3 is 2.62 bits per heavy atom. The number of carbonyl (C=O) groups excluding carboxylic acids is 2. The molecule has 1 aromatic heterocycles. The fourth-order valence-corrected chi connectivity index (χ4v) is 4.09. The molecule has 2 rings (SSSR count). The van der Waals surface area contributed by atoms with Crippen LogP contribution in [0.2, 0.25) is 0 Å². The summed E-state index contributed by atoms with van der Waals surface area (Å²) in [4.78, 5) is 24.8. The summed E-state index contributed by atoms with van der Waals surface area (Å²) in [6.07, 6.45) is 1.05. The molecular weight excluding hydrogens is 416 g/mol. The summed E-state index contributed by atoms with van der Waals surface area (Å²) in [7, 11) is 0. The van der Waals surface area contributed by atoms with Crippen molar-refractivity contribution in [1.82, 2.24) is 0 Å². The summed E-state index contributed by atoms with van der Waals surface area (Å²) in [5.41, 5.74) is 7.79. The van der Waals surface area contributed by atoms with Crippen LogP contribution in [0.15, 0.2) is 22.7 Å². The number of nitrogens with two attached hydrogens (primary N) is 1. The number of ether oxygens (including phenoxy) is 1. The van der Waals surface area contributed by atoms with E-state index in [2.05, 4.69) is 35.1 Å². The molecule has 0 spiro atoms. The summed E-state index contributed by atoms with van der Waals surface area (Å²) >= 11 is 4.82. The van der Waals surface area contributed by atoms with Crippen molar-refractivity contribution in [3.05, 3.63) is 44.2 Å². The van der Waals surface area contributed by atoms with Gasteiger partial charge in [0, 0.05) is 4.88 Å². The molecule has 26 heavy (non-hydrogen) atoms. The molecule has 1 heterocycles. The lowest BCUT2D eigenvalue weighted by Crippen LogP contribution is -2.22. The van der Waals surface area contributed by atoms with Crippen LogP contribution in [-0.4, -0.2) is 18.4 Å². The topological polar surface area (TPSA) is 81.4 Å². The first-order chi connectivity index (χ1) is 12.2. The number of carbonyl (C=O) groups is 2. The Labute approximate surface area is 166 Å². The van der Waals surface area contributed by atoms with E-state index in [1.807, 2.05) is 32.0 Å². The maximum atomic E-state index is 12.2. The second-order valence-corrected chi connectivity index (χ2v) is 8.27. The maximum absolute atomic E-state index is 12.2. The van der Waals surface area contributed by atoms with Crippen LogP contribution < -0.4 is 15.8 Å². The predicted molar refractivity (Wildman–Crippen MR) is 109 cm³/mol. The van der Waals surface area contributed by atoms with Crippen molar-refractivity contribution in [1.29, 1.82) is 0 Å². The molecule has 140 valence electrons. The number of benzene rings is 1. The van der Waals surface area contributed by atoms with E-state index in [0.29, 0.717) is 22.2 Å². The second-order valence-electron chi connectivity index (χ2n) is 6.19. The van der Waals surface area contributed by atoms with E-state index in [9.17, 15) is 9.59 Å².